The Morgan fingerprint density at radius 2 is 1.94 bits per heavy atom. The van der Waals surface area contributed by atoms with Crippen molar-refractivity contribution in [2.24, 2.45) is 17.6 Å². The van der Waals surface area contributed by atoms with E-state index in [2.05, 4.69) is 18.7 Å². The van der Waals surface area contributed by atoms with Crippen molar-refractivity contribution in [2.45, 2.75) is 70.9 Å². The van der Waals surface area contributed by atoms with Crippen LogP contribution in [0.15, 0.2) is 0 Å². The highest BCUT2D eigenvalue weighted by atomic mass is 15.2. The lowest BCUT2D eigenvalue weighted by atomic mass is 9.80. The molecule has 1 saturated carbocycles. The van der Waals surface area contributed by atoms with Crippen molar-refractivity contribution in [1.29, 1.82) is 0 Å². The molecule has 2 rings (SSSR count). The average Bonchev–Trinajstić information content (AvgIpc) is 2.39. The second kappa shape index (κ2) is 6.19. The van der Waals surface area contributed by atoms with Crippen LogP contribution in [0.3, 0.4) is 0 Å². The summed E-state index contributed by atoms with van der Waals surface area (Å²) in [6.07, 6.45) is 9.87. The fourth-order valence-electron chi connectivity index (χ4n) is 3.92. The van der Waals surface area contributed by atoms with Crippen LogP contribution in [0.25, 0.3) is 0 Å². The third kappa shape index (κ3) is 3.23. The van der Waals surface area contributed by atoms with Crippen molar-refractivity contribution in [2.75, 3.05) is 13.1 Å². The minimum absolute atomic E-state index is 0.376. The van der Waals surface area contributed by atoms with Crippen LogP contribution in [0.1, 0.15) is 58.8 Å². The lowest BCUT2D eigenvalue weighted by molar-refractivity contribution is 0.0552. The molecule has 0 aromatic rings. The molecule has 0 aromatic heterocycles. The molecule has 1 heterocycles. The Kier molecular flexibility index (Phi) is 4.87. The standard InChI is InChI=1S/C15H30N2/c1-3-13-7-4-5-9-15(13)17-10-6-8-14(11-17)12(2)16/h12-15H,3-11,16H2,1-2H3. The molecule has 2 fully saturated rings. The number of piperidine rings is 1. The summed E-state index contributed by atoms with van der Waals surface area (Å²) in [5.41, 5.74) is 6.10. The molecule has 0 amide bonds. The average molecular weight is 238 g/mol. The van der Waals surface area contributed by atoms with E-state index >= 15 is 0 Å². The largest absolute Gasteiger partial charge is 0.328 e. The fraction of sp³-hybridized carbons (Fsp3) is 1.00. The second-order valence-electron chi connectivity index (χ2n) is 6.28. The summed E-state index contributed by atoms with van der Waals surface area (Å²) in [6.45, 7) is 7.14. The van der Waals surface area contributed by atoms with Gasteiger partial charge in [-0.3, -0.25) is 4.90 Å². The first-order chi connectivity index (χ1) is 8.22. The van der Waals surface area contributed by atoms with E-state index in [-0.39, 0.29) is 0 Å². The van der Waals surface area contributed by atoms with Gasteiger partial charge >= 0.3 is 0 Å². The summed E-state index contributed by atoms with van der Waals surface area (Å²) in [5, 5.41) is 0. The summed E-state index contributed by atoms with van der Waals surface area (Å²) in [7, 11) is 0. The van der Waals surface area contributed by atoms with E-state index in [0.717, 1.165) is 17.9 Å². The number of nitrogens with two attached hydrogens (primary N) is 1. The summed E-state index contributed by atoms with van der Waals surface area (Å²) in [6, 6.07) is 1.25. The molecular formula is C15H30N2. The quantitative estimate of drug-likeness (QED) is 0.819. The third-order valence-corrected chi connectivity index (χ3v) is 5.10. The minimum atomic E-state index is 0.376. The van der Waals surface area contributed by atoms with Gasteiger partial charge in [0.2, 0.25) is 0 Å². The van der Waals surface area contributed by atoms with Crippen LogP contribution in [0, 0.1) is 11.8 Å². The van der Waals surface area contributed by atoms with Crippen LogP contribution in [-0.2, 0) is 0 Å². The molecule has 0 bridgehead atoms. The number of nitrogens with zero attached hydrogens (tertiary/aromatic N) is 1. The van der Waals surface area contributed by atoms with Crippen molar-refractivity contribution in [3.8, 4) is 0 Å². The second-order valence-corrected chi connectivity index (χ2v) is 6.28. The van der Waals surface area contributed by atoms with E-state index in [9.17, 15) is 0 Å². The maximum atomic E-state index is 6.10. The van der Waals surface area contributed by atoms with Gasteiger partial charge < -0.3 is 5.73 Å². The van der Waals surface area contributed by atoms with Crippen LogP contribution in [0.2, 0.25) is 0 Å². The highest BCUT2D eigenvalue weighted by molar-refractivity contribution is 4.87. The van der Waals surface area contributed by atoms with Crippen LogP contribution in [-0.4, -0.2) is 30.1 Å². The van der Waals surface area contributed by atoms with E-state index in [0.29, 0.717) is 6.04 Å². The lowest BCUT2D eigenvalue weighted by Gasteiger charge is -2.44. The van der Waals surface area contributed by atoms with Crippen LogP contribution in [0.5, 0.6) is 0 Å². The summed E-state index contributed by atoms with van der Waals surface area (Å²) >= 11 is 0. The molecule has 4 unspecified atom stereocenters. The molecule has 17 heavy (non-hydrogen) atoms. The summed E-state index contributed by atoms with van der Waals surface area (Å²) in [4.78, 5) is 2.78. The Balaban J connectivity index is 1.95. The topological polar surface area (TPSA) is 29.3 Å². The Morgan fingerprint density at radius 1 is 1.18 bits per heavy atom. The minimum Gasteiger partial charge on any atom is -0.328 e. The van der Waals surface area contributed by atoms with Crippen molar-refractivity contribution in [3.63, 3.8) is 0 Å². The SMILES string of the molecule is CCC1CCCCC1N1CCCC(C(C)N)C1. The first kappa shape index (κ1) is 13.4. The fourth-order valence-corrected chi connectivity index (χ4v) is 3.92. The van der Waals surface area contributed by atoms with Gasteiger partial charge in [-0.15, -0.1) is 0 Å². The molecule has 0 radical (unpaired) electrons. The molecule has 1 aliphatic heterocycles. The van der Waals surface area contributed by atoms with Gasteiger partial charge in [-0.2, -0.15) is 0 Å². The molecule has 100 valence electrons. The predicted molar refractivity (Wildman–Crippen MR) is 74.0 cm³/mol. The first-order valence-corrected chi connectivity index (χ1v) is 7.72. The van der Waals surface area contributed by atoms with Gasteiger partial charge in [0.25, 0.3) is 0 Å². The summed E-state index contributed by atoms with van der Waals surface area (Å²) < 4.78 is 0. The van der Waals surface area contributed by atoms with Crippen molar-refractivity contribution >= 4 is 0 Å². The Labute approximate surface area is 107 Å². The highest BCUT2D eigenvalue weighted by Gasteiger charge is 2.32. The lowest BCUT2D eigenvalue weighted by Crippen LogP contribution is -2.50. The maximum Gasteiger partial charge on any atom is 0.0123 e. The van der Waals surface area contributed by atoms with E-state index in [1.54, 1.807) is 0 Å². The molecule has 2 heteroatoms. The van der Waals surface area contributed by atoms with Gasteiger partial charge in [-0.1, -0.05) is 26.2 Å². The normalized spacial score (nSPS) is 37.9. The van der Waals surface area contributed by atoms with E-state index in [1.807, 2.05) is 0 Å². The number of rotatable bonds is 3. The summed E-state index contributed by atoms with van der Waals surface area (Å²) in [5.74, 6) is 1.69. The molecule has 2 aliphatic rings. The first-order valence-electron chi connectivity index (χ1n) is 7.72. The van der Waals surface area contributed by atoms with Gasteiger partial charge in [0.05, 0.1) is 0 Å². The number of hydrogen-bond donors (Lipinski definition) is 1. The third-order valence-electron chi connectivity index (χ3n) is 5.10. The van der Waals surface area contributed by atoms with Crippen LogP contribution in [0.4, 0.5) is 0 Å². The molecule has 0 aromatic carbocycles. The molecule has 1 aliphatic carbocycles. The Hall–Kier alpha value is -0.0800. The van der Waals surface area contributed by atoms with Crippen molar-refractivity contribution in [3.05, 3.63) is 0 Å². The zero-order chi connectivity index (χ0) is 12.3. The Morgan fingerprint density at radius 3 is 2.65 bits per heavy atom. The van der Waals surface area contributed by atoms with E-state index in [1.165, 1.54) is 58.0 Å². The molecule has 4 atom stereocenters. The number of likely N-dealkylation sites (tertiary alicyclic amines) is 1. The van der Waals surface area contributed by atoms with Gasteiger partial charge in [-0.05, 0) is 51.0 Å². The van der Waals surface area contributed by atoms with E-state index in [4.69, 9.17) is 5.73 Å². The van der Waals surface area contributed by atoms with Gasteiger partial charge in [0, 0.05) is 18.6 Å². The molecule has 2 nitrogen and oxygen atoms in total. The van der Waals surface area contributed by atoms with Gasteiger partial charge in [0.1, 0.15) is 0 Å². The zero-order valence-electron chi connectivity index (χ0n) is 11.7. The van der Waals surface area contributed by atoms with E-state index < -0.39 is 0 Å². The Bertz CT molecular complexity index is 227. The monoisotopic (exact) mass is 238 g/mol. The van der Waals surface area contributed by atoms with Crippen molar-refractivity contribution in [1.82, 2.24) is 4.90 Å². The van der Waals surface area contributed by atoms with Gasteiger partial charge in [-0.25, -0.2) is 0 Å². The predicted octanol–water partition coefficient (Wildman–Crippen LogP) is 3.01. The van der Waals surface area contributed by atoms with Gasteiger partial charge in [0.15, 0.2) is 0 Å². The zero-order valence-corrected chi connectivity index (χ0v) is 11.7. The van der Waals surface area contributed by atoms with Crippen LogP contribution < -0.4 is 5.73 Å². The molecular weight excluding hydrogens is 208 g/mol. The smallest absolute Gasteiger partial charge is 0.0123 e. The molecule has 2 N–H and O–H groups in total. The van der Waals surface area contributed by atoms with Crippen LogP contribution >= 0.6 is 0 Å². The maximum absolute atomic E-state index is 6.10. The van der Waals surface area contributed by atoms with Crippen molar-refractivity contribution < 1.29 is 0 Å². The molecule has 1 saturated heterocycles. The highest BCUT2D eigenvalue weighted by Crippen LogP contribution is 2.33. The molecule has 0 spiro atoms. The number of hydrogen-bond acceptors (Lipinski definition) is 2.